The number of fused-ring (bicyclic) bond motifs is 4. The van der Waals surface area contributed by atoms with Crippen LogP contribution >= 0.6 is 0 Å². The summed E-state index contributed by atoms with van der Waals surface area (Å²) in [5, 5.41) is 23.6. The van der Waals surface area contributed by atoms with Gasteiger partial charge in [0.05, 0.1) is 13.2 Å². The Morgan fingerprint density at radius 2 is 1.07 bits per heavy atom. The number of methoxy groups -OCH3 is 2. The van der Waals surface area contributed by atoms with Crippen LogP contribution in [-0.4, -0.2) is 72.0 Å². The van der Waals surface area contributed by atoms with Gasteiger partial charge in [-0.15, -0.1) is 0 Å². The second-order valence-electron chi connectivity index (χ2n) is 13.7. The highest BCUT2D eigenvalue weighted by molar-refractivity contribution is 6.16. The summed E-state index contributed by atoms with van der Waals surface area (Å²) in [6.45, 7) is 12.3. The normalized spacial score (nSPS) is 51.6. The molecular weight excluding hydrogens is 512 g/mol. The van der Waals surface area contributed by atoms with Crippen LogP contribution in [0.15, 0.2) is 46.6 Å². The molecule has 2 N–H and O–H groups in total. The highest BCUT2D eigenvalue weighted by atomic mass is 16.7. The van der Waals surface area contributed by atoms with E-state index in [0.29, 0.717) is 37.2 Å². The van der Waals surface area contributed by atoms with Crippen molar-refractivity contribution in [2.45, 2.75) is 77.2 Å². The molecule has 0 radical (unpaired) electrons. The fourth-order valence-electron chi connectivity index (χ4n) is 8.43. The lowest BCUT2D eigenvalue weighted by Gasteiger charge is -2.54. The predicted molar refractivity (Wildman–Crippen MR) is 146 cm³/mol. The Morgan fingerprint density at radius 1 is 0.725 bits per heavy atom. The van der Waals surface area contributed by atoms with E-state index in [1.165, 1.54) is 14.2 Å². The Balaban J connectivity index is 1.52. The summed E-state index contributed by atoms with van der Waals surface area (Å²) in [4.78, 5) is 28.1. The SMILES string of the molecule is CO[C@]12C=C3C=C(C4=CC5=C[C@]6(OC)OC[C@@H](C)[C@]6(O)C[C@]5(C)[C@@H](C)C4=O)C(=O)[C@@H](C)[C@@]3(C)C[C@@]1(O)[C@H](C)CO2. The van der Waals surface area contributed by atoms with Crippen molar-refractivity contribution >= 4 is 11.6 Å². The van der Waals surface area contributed by atoms with Gasteiger partial charge in [-0.1, -0.05) is 41.5 Å². The summed E-state index contributed by atoms with van der Waals surface area (Å²) in [5.74, 6) is -4.24. The first-order chi connectivity index (χ1) is 18.6. The minimum absolute atomic E-state index is 0.129. The van der Waals surface area contributed by atoms with Crippen molar-refractivity contribution in [3.63, 3.8) is 0 Å². The number of carbonyl (C=O) groups is 2. The van der Waals surface area contributed by atoms with Gasteiger partial charge in [0.1, 0.15) is 11.2 Å². The molecule has 0 bridgehead atoms. The highest BCUT2D eigenvalue weighted by Gasteiger charge is 2.68. The molecule has 40 heavy (non-hydrogen) atoms. The summed E-state index contributed by atoms with van der Waals surface area (Å²) < 4.78 is 23.7. The van der Waals surface area contributed by atoms with E-state index in [4.69, 9.17) is 18.9 Å². The van der Waals surface area contributed by atoms with Gasteiger partial charge in [-0.25, -0.2) is 0 Å². The molecule has 6 aliphatic rings. The molecular formula is C32H42O8. The van der Waals surface area contributed by atoms with Gasteiger partial charge in [0.25, 0.3) is 0 Å². The lowest BCUT2D eigenvalue weighted by Crippen LogP contribution is -2.61. The number of allylic oxidation sites excluding steroid dienone is 6. The first kappa shape index (κ1) is 28.2. The molecule has 0 saturated carbocycles. The van der Waals surface area contributed by atoms with Gasteiger partial charge in [0.2, 0.25) is 11.6 Å². The number of ketones is 2. The lowest BCUT2D eigenvalue weighted by atomic mass is 9.52. The van der Waals surface area contributed by atoms with E-state index in [1.54, 1.807) is 12.2 Å². The molecule has 4 aliphatic carbocycles. The number of rotatable bonds is 3. The molecule has 2 aliphatic heterocycles. The quantitative estimate of drug-likeness (QED) is 0.546. The van der Waals surface area contributed by atoms with Crippen molar-refractivity contribution in [1.82, 2.24) is 0 Å². The molecule has 0 aromatic heterocycles. The van der Waals surface area contributed by atoms with Gasteiger partial charge in [0, 0.05) is 59.9 Å². The van der Waals surface area contributed by atoms with Crippen molar-refractivity contribution < 1.29 is 38.7 Å². The van der Waals surface area contributed by atoms with Gasteiger partial charge in [0.15, 0.2) is 11.6 Å². The monoisotopic (exact) mass is 554 g/mol. The summed E-state index contributed by atoms with van der Waals surface area (Å²) in [5.41, 5.74) is -1.55. The number of Topliss-reactive ketones (excluding diaryl/α,β-unsaturated/α-hetero) is 2. The topological polar surface area (TPSA) is 112 Å². The average molecular weight is 555 g/mol. The molecule has 6 rings (SSSR count). The zero-order valence-corrected chi connectivity index (χ0v) is 24.8. The van der Waals surface area contributed by atoms with Crippen LogP contribution in [0.3, 0.4) is 0 Å². The van der Waals surface area contributed by atoms with E-state index in [9.17, 15) is 19.8 Å². The molecule has 8 nitrogen and oxygen atoms in total. The Morgan fingerprint density at radius 3 is 1.40 bits per heavy atom. The number of carbonyl (C=O) groups excluding carboxylic acids is 2. The third-order valence-electron chi connectivity index (χ3n) is 11.9. The molecule has 8 heteroatoms. The van der Waals surface area contributed by atoms with Crippen molar-refractivity contribution in [2.75, 3.05) is 27.4 Å². The molecule has 0 aromatic rings. The largest absolute Gasteiger partial charge is 0.383 e. The molecule has 218 valence electrons. The van der Waals surface area contributed by atoms with Gasteiger partial charge < -0.3 is 29.2 Å². The summed E-state index contributed by atoms with van der Waals surface area (Å²) >= 11 is 0. The van der Waals surface area contributed by atoms with E-state index in [2.05, 4.69) is 0 Å². The summed E-state index contributed by atoms with van der Waals surface area (Å²) in [6.07, 6.45) is 7.83. The minimum atomic E-state index is -1.32. The molecule has 10 atom stereocenters. The van der Waals surface area contributed by atoms with Gasteiger partial charge in [-0.05, 0) is 48.3 Å². The van der Waals surface area contributed by atoms with Crippen LogP contribution in [0.25, 0.3) is 0 Å². The van der Waals surface area contributed by atoms with Crippen LogP contribution < -0.4 is 0 Å². The van der Waals surface area contributed by atoms with Crippen LogP contribution in [0.1, 0.15) is 54.4 Å². The van der Waals surface area contributed by atoms with Gasteiger partial charge in [-0.2, -0.15) is 0 Å². The van der Waals surface area contributed by atoms with E-state index in [-0.39, 0.29) is 23.4 Å². The lowest BCUT2D eigenvalue weighted by molar-refractivity contribution is -0.256. The van der Waals surface area contributed by atoms with Crippen molar-refractivity contribution in [3.05, 3.63) is 46.6 Å². The first-order valence-electron chi connectivity index (χ1n) is 14.4. The van der Waals surface area contributed by atoms with Crippen LogP contribution in [0.4, 0.5) is 0 Å². The third-order valence-corrected chi connectivity index (χ3v) is 11.9. The zero-order valence-electron chi connectivity index (χ0n) is 24.8. The Bertz CT molecular complexity index is 1230. The summed E-state index contributed by atoms with van der Waals surface area (Å²) in [6, 6.07) is 0. The van der Waals surface area contributed by atoms with Crippen molar-refractivity contribution in [1.29, 1.82) is 0 Å². The highest BCUT2D eigenvalue weighted by Crippen LogP contribution is 2.62. The number of ether oxygens (including phenoxy) is 4. The van der Waals surface area contributed by atoms with E-state index >= 15 is 0 Å². The van der Waals surface area contributed by atoms with Crippen LogP contribution in [0.5, 0.6) is 0 Å². The zero-order chi connectivity index (χ0) is 29.3. The smallest absolute Gasteiger partial charge is 0.218 e. The van der Waals surface area contributed by atoms with E-state index in [0.717, 1.165) is 11.1 Å². The van der Waals surface area contributed by atoms with E-state index < -0.39 is 45.4 Å². The fourth-order valence-corrected chi connectivity index (χ4v) is 8.43. The van der Waals surface area contributed by atoms with Crippen LogP contribution in [0.2, 0.25) is 0 Å². The molecule has 0 unspecified atom stereocenters. The summed E-state index contributed by atoms with van der Waals surface area (Å²) in [7, 11) is 3.05. The Hall–Kier alpha value is -1.94. The molecule has 2 fully saturated rings. The molecule has 0 aromatic carbocycles. The maximum absolute atomic E-state index is 14.1. The maximum atomic E-state index is 14.1. The van der Waals surface area contributed by atoms with Crippen molar-refractivity contribution in [3.8, 4) is 0 Å². The second-order valence-corrected chi connectivity index (χ2v) is 13.7. The third kappa shape index (κ3) is 3.08. The molecule has 0 spiro atoms. The number of hydrogen-bond donors (Lipinski definition) is 2. The molecule has 2 saturated heterocycles. The predicted octanol–water partition coefficient (Wildman–Crippen LogP) is 3.43. The van der Waals surface area contributed by atoms with Gasteiger partial charge >= 0.3 is 0 Å². The Kier molecular flexibility index (Phi) is 5.87. The average Bonchev–Trinajstić information content (AvgIpc) is 3.31. The van der Waals surface area contributed by atoms with Crippen LogP contribution in [-0.2, 0) is 28.5 Å². The second kappa shape index (κ2) is 8.33. The number of aliphatic hydroxyl groups is 2. The fraction of sp³-hybridized carbons (Fsp3) is 0.688. The van der Waals surface area contributed by atoms with E-state index in [1.807, 2.05) is 53.7 Å². The minimum Gasteiger partial charge on any atom is -0.383 e. The molecule has 2 heterocycles. The maximum Gasteiger partial charge on any atom is 0.218 e. The number of hydrogen-bond acceptors (Lipinski definition) is 8. The molecule has 0 amide bonds. The van der Waals surface area contributed by atoms with Crippen LogP contribution in [0, 0.1) is 34.5 Å². The first-order valence-corrected chi connectivity index (χ1v) is 14.4. The van der Waals surface area contributed by atoms with Gasteiger partial charge in [-0.3, -0.25) is 9.59 Å². The van der Waals surface area contributed by atoms with Crippen molar-refractivity contribution in [2.24, 2.45) is 34.5 Å². The Labute approximate surface area is 236 Å². The standard InChI is InChI=1S/C32H42O8/c1-17-13-39-31(37-7)11-21-9-23(25(33)19(3)27(21,5)15-29(17,31)35)24-10-22-12-32(38-8)30(36,18(2)14-40-32)16-28(22,6)20(4)26(24)34/h9-12,17-20,35-36H,13-16H2,1-8H3/t17-,18-,19-,20+,27-,28-,29-,30-,31+,32+/m1/s1.